The minimum absolute atomic E-state index is 0.165. The van der Waals surface area contributed by atoms with E-state index in [1.807, 2.05) is 0 Å². The second-order valence-corrected chi connectivity index (χ2v) is 9.54. The van der Waals surface area contributed by atoms with Crippen LogP contribution in [0.25, 0.3) is 5.69 Å². The van der Waals surface area contributed by atoms with Crippen molar-refractivity contribution in [1.82, 2.24) is 24.9 Å². The maximum Gasteiger partial charge on any atom is 0.412 e. The Balaban J connectivity index is 1.63. The molecule has 0 bridgehead atoms. The van der Waals surface area contributed by atoms with Gasteiger partial charge in [0.2, 0.25) is 5.43 Å². The largest absolute Gasteiger partial charge is 0.463 e. The molecule has 2 aromatic heterocycles. The first-order chi connectivity index (χ1) is 17.7. The lowest BCUT2D eigenvalue weighted by atomic mass is 10.0. The molecular formula is C25H28F3N5O5. The van der Waals surface area contributed by atoms with Gasteiger partial charge in [0, 0.05) is 25.7 Å². The highest BCUT2D eigenvalue weighted by molar-refractivity contribution is 5.73. The molecule has 204 valence electrons. The lowest BCUT2D eigenvalue weighted by molar-refractivity contribution is -0.173. The summed E-state index contributed by atoms with van der Waals surface area (Å²) in [7, 11) is 1.75. The van der Waals surface area contributed by atoms with Crippen LogP contribution in [0, 0.1) is 0 Å². The number of ether oxygens (including phenoxy) is 2. The summed E-state index contributed by atoms with van der Waals surface area (Å²) in [5.74, 6) is -0.917. The third kappa shape index (κ3) is 8.46. The summed E-state index contributed by atoms with van der Waals surface area (Å²) in [6, 6.07) is 5.60. The van der Waals surface area contributed by atoms with Crippen LogP contribution in [0.4, 0.5) is 18.0 Å². The van der Waals surface area contributed by atoms with Gasteiger partial charge in [-0.15, -0.1) is 0 Å². The highest BCUT2D eigenvalue weighted by Crippen LogP contribution is 2.21. The van der Waals surface area contributed by atoms with Crippen molar-refractivity contribution >= 4 is 12.1 Å². The molecule has 1 N–H and O–H groups in total. The van der Waals surface area contributed by atoms with Gasteiger partial charge in [0.15, 0.2) is 6.04 Å². The number of esters is 1. The van der Waals surface area contributed by atoms with Gasteiger partial charge >= 0.3 is 18.2 Å². The van der Waals surface area contributed by atoms with Crippen molar-refractivity contribution < 1.29 is 32.2 Å². The van der Waals surface area contributed by atoms with Gasteiger partial charge in [0.1, 0.15) is 23.6 Å². The van der Waals surface area contributed by atoms with E-state index < -0.39 is 36.5 Å². The summed E-state index contributed by atoms with van der Waals surface area (Å²) in [6.45, 7) is 3.41. The number of halogens is 3. The minimum Gasteiger partial charge on any atom is -0.463 e. The van der Waals surface area contributed by atoms with Crippen molar-refractivity contribution in [3.05, 3.63) is 76.0 Å². The summed E-state index contributed by atoms with van der Waals surface area (Å²) in [5, 5.41) is 10.1. The van der Waals surface area contributed by atoms with E-state index in [0.29, 0.717) is 16.8 Å². The van der Waals surface area contributed by atoms with E-state index in [0.717, 1.165) is 0 Å². The highest BCUT2D eigenvalue weighted by atomic mass is 19.4. The Morgan fingerprint density at radius 2 is 1.84 bits per heavy atom. The van der Waals surface area contributed by atoms with Crippen molar-refractivity contribution in [3.8, 4) is 5.69 Å². The van der Waals surface area contributed by atoms with Crippen LogP contribution >= 0.6 is 0 Å². The first-order valence-corrected chi connectivity index (χ1v) is 11.6. The molecule has 3 rings (SSSR count). The van der Waals surface area contributed by atoms with E-state index in [1.54, 1.807) is 53.7 Å². The molecule has 13 heteroatoms. The molecule has 1 unspecified atom stereocenters. The van der Waals surface area contributed by atoms with Gasteiger partial charge in [-0.05, 0) is 31.9 Å². The minimum atomic E-state index is -4.86. The second-order valence-electron chi connectivity index (χ2n) is 9.54. The summed E-state index contributed by atoms with van der Waals surface area (Å²) in [6.07, 6.45) is -1.42. The van der Waals surface area contributed by atoms with Crippen LogP contribution < -0.4 is 10.7 Å². The molecule has 1 aromatic carbocycles. The Labute approximate surface area is 216 Å². The lowest BCUT2D eigenvalue weighted by Gasteiger charge is -2.24. The fourth-order valence-corrected chi connectivity index (χ4v) is 3.34. The molecule has 2 heterocycles. The van der Waals surface area contributed by atoms with Gasteiger partial charge in [-0.1, -0.05) is 24.3 Å². The van der Waals surface area contributed by atoms with Gasteiger partial charge in [-0.2, -0.15) is 23.4 Å². The average molecular weight is 536 g/mol. The Morgan fingerprint density at radius 1 is 1.13 bits per heavy atom. The predicted molar refractivity (Wildman–Crippen MR) is 130 cm³/mol. The number of nitrogens with one attached hydrogen (secondary N) is 1. The topological polar surface area (TPSA) is 117 Å². The average Bonchev–Trinajstić information content (AvgIpc) is 3.22. The van der Waals surface area contributed by atoms with Gasteiger partial charge in [0.05, 0.1) is 18.8 Å². The highest BCUT2D eigenvalue weighted by Gasteiger charge is 2.42. The molecule has 10 nitrogen and oxygen atoms in total. The summed E-state index contributed by atoms with van der Waals surface area (Å²) >= 11 is 0. The zero-order valence-electron chi connectivity index (χ0n) is 21.3. The maximum absolute atomic E-state index is 13.3. The number of aromatic nitrogens is 4. The molecule has 38 heavy (non-hydrogen) atoms. The standard InChI is InChI=1S/C25H28F3N5O5/c1-24(2,3)38-23(36)30-21(25(26,27)28)15-37-22(35)12-17-7-5-6-16(10-17)11-19-20(34)8-9-33(31-19)18-13-29-32(4)14-18/h5-10,13-14,21H,11-12,15H2,1-4H3,(H,30,36). The van der Waals surface area contributed by atoms with Crippen LogP contribution in [-0.4, -0.2) is 56.0 Å². The van der Waals surface area contributed by atoms with Crippen LogP contribution in [-0.2, 0) is 34.2 Å². The van der Waals surface area contributed by atoms with Gasteiger partial charge in [-0.3, -0.25) is 14.3 Å². The fraction of sp³-hybridized carbons (Fsp3) is 0.400. The molecule has 3 aromatic rings. The first-order valence-electron chi connectivity index (χ1n) is 11.6. The van der Waals surface area contributed by atoms with E-state index in [9.17, 15) is 27.6 Å². The van der Waals surface area contributed by atoms with Crippen molar-refractivity contribution in [2.75, 3.05) is 6.61 Å². The molecule has 1 amide bonds. The SMILES string of the molecule is Cn1cc(-n2ccc(=O)c(Cc3cccc(CC(=O)OCC(NC(=O)OC(C)(C)C)C(F)(F)F)c3)n2)cn1. The summed E-state index contributed by atoms with van der Waals surface area (Å²) < 4.78 is 52.7. The number of rotatable bonds is 8. The van der Waals surface area contributed by atoms with Gasteiger partial charge < -0.3 is 14.8 Å². The van der Waals surface area contributed by atoms with Crippen molar-refractivity contribution in [3.63, 3.8) is 0 Å². The van der Waals surface area contributed by atoms with E-state index in [-0.39, 0.29) is 24.0 Å². The third-order valence-electron chi connectivity index (χ3n) is 5.04. The molecule has 0 radical (unpaired) electrons. The molecule has 0 spiro atoms. The monoisotopic (exact) mass is 535 g/mol. The number of alkyl carbamates (subject to hydrolysis) is 1. The number of benzene rings is 1. The Bertz CT molecular complexity index is 1340. The quantitative estimate of drug-likeness (QED) is 0.441. The van der Waals surface area contributed by atoms with E-state index in [1.165, 1.54) is 37.7 Å². The molecular weight excluding hydrogens is 507 g/mol. The van der Waals surface area contributed by atoms with Crippen molar-refractivity contribution in [2.45, 2.75) is 51.4 Å². The normalized spacial score (nSPS) is 12.6. The number of hydrogen-bond acceptors (Lipinski definition) is 7. The predicted octanol–water partition coefficient (Wildman–Crippen LogP) is 3.10. The molecule has 0 fully saturated rings. The third-order valence-corrected chi connectivity index (χ3v) is 5.04. The van der Waals surface area contributed by atoms with E-state index in [4.69, 9.17) is 9.47 Å². The summed E-state index contributed by atoms with van der Waals surface area (Å²) in [4.78, 5) is 36.4. The smallest absolute Gasteiger partial charge is 0.412 e. The van der Waals surface area contributed by atoms with Gasteiger partial charge in [0.25, 0.3) is 0 Å². The zero-order valence-corrected chi connectivity index (χ0v) is 21.3. The number of amides is 1. The second kappa shape index (κ2) is 11.5. The number of hydrogen-bond donors (Lipinski definition) is 1. The molecule has 1 atom stereocenters. The molecule has 0 saturated carbocycles. The van der Waals surface area contributed by atoms with Crippen molar-refractivity contribution in [2.24, 2.45) is 7.05 Å². The molecule has 0 aliphatic rings. The van der Waals surface area contributed by atoms with Crippen molar-refractivity contribution in [1.29, 1.82) is 0 Å². The van der Waals surface area contributed by atoms with Gasteiger partial charge in [-0.25, -0.2) is 9.48 Å². The Hall–Kier alpha value is -4.16. The summed E-state index contributed by atoms with van der Waals surface area (Å²) in [5.41, 5.74) is 0.804. The maximum atomic E-state index is 13.3. The van der Waals surface area contributed by atoms with Crippen LogP contribution in [0.5, 0.6) is 0 Å². The molecule has 0 saturated heterocycles. The van der Waals surface area contributed by atoms with Crippen LogP contribution in [0.3, 0.4) is 0 Å². The first kappa shape index (κ1) is 28.4. The van der Waals surface area contributed by atoms with Crippen LogP contribution in [0.15, 0.2) is 53.7 Å². The fourth-order valence-electron chi connectivity index (χ4n) is 3.34. The van der Waals surface area contributed by atoms with E-state index >= 15 is 0 Å². The Morgan fingerprint density at radius 3 is 2.47 bits per heavy atom. The molecule has 0 aliphatic carbocycles. The van der Waals surface area contributed by atoms with Crippen LogP contribution in [0.2, 0.25) is 0 Å². The molecule has 0 aliphatic heterocycles. The lowest BCUT2D eigenvalue weighted by Crippen LogP contribution is -2.50. The number of aryl methyl sites for hydroxylation is 1. The number of carbonyl (C=O) groups excluding carboxylic acids is 2. The van der Waals surface area contributed by atoms with Crippen LogP contribution in [0.1, 0.15) is 37.6 Å². The Kier molecular flexibility index (Phi) is 8.59. The number of nitrogens with zero attached hydrogens (tertiary/aromatic N) is 4. The zero-order chi connectivity index (χ0) is 28.1. The van der Waals surface area contributed by atoms with E-state index in [2.05, 4.69) is 10.2 Å². The number of carbonyl (C=O) groups is 2. The number of alkyl halides is 3.